The third-order valence-electron chi connectivity index (χ3n) is 5.43. The van der Waals surface area contributed by atoms with Gasteiger partial charge in [-0.1, -0.05) is 0 Å². The Morgan fingerprint density at radius 3 is 2.89 bits per heavy atom. The Hall–Kier alpha value is -3.09. The van der Waals surface area contributed by atoms with Crippen LogP contribution in [0.2, 0.25) is 0 Å². The van der Waals surface area contributed by atoms with Gasteiger partial charge >= 0.3 is 0 Å². The maximum atomic E-state index is 13.1. The first kappa shape index (κ1) is 17.0. The normalized spacial score (nSPS) is 19.0. The van der Waals surface area contributed by atoms with Gasteiger partial charge in [0, 0.05) is 36.8 Å². The molecule has 0 bridgehead atoms. The van der Waals surface area contributed by atoms with E-state index >= 15 is 0 Å². The highest BCUT2D eigenvalue weighted by Gasteiger charge is 2.28. The van der Waals surface area contributed by atoms with Gasteiger partial charge in [0.25, 0.3) is 5.91 Å². The molecule has 0 unspecified atom stereocenters. The molecule has 3 aromatic rings. The monoisotopic (exact) mass is 378 g/mol. The molecule has 1 saturated heterocycles. The van der Waals surface area contributed by atoms with Gasteiger partial charge in [-0.2, -0.15) is 5.10 Å². The second-order valence-electron chi connectivity index (χ2n) is 7.37. The van der Waals surface area contributed by atoms with E-state index in [0.29, 0.717) is 36.8 Å². The number of aromatic nitrogens is 3. The lowest BCUT2D eigenvalue weighted by Crippen LogP contribution is -2.39. The van der Waals surface area contributed by atoms with Gasteiger partial charge in [0.2, 0.25) is 0 Å². The van der Waals surface area contributed by atoms with Gasteiger partial charge in [0.15, 0.2) is 17.1 Å². The average Bonchev–Trinajstić information content (AvgIpc) is 3.13. The standard InChI is InChI=1S/C21H22N4O3/c1-14-11-20-22-7-6-17(25(20)23-14)16-3-2-8-24(13-16)21(26)15-4-5-18-19(12-15)28-10-9-27-18/h4-7,11-12,16H,2-3,8-10,13H2,1H3/t16-/m0/s1. The van der Waals surface area contributed by atoms with Crippen LogP contribution >= 0.6 is 0 Å². The van der Waals surface area contributed by atoms with Crippen LogP contribution in [0, 0.1) is 6.92 Å². The van der Waals surface area contributed by atoms with E-state index in [9.17, 15) is 4.79 Å². The molecule has 0 spiro atoms. The summed E-state index contributed by atoms with van der Waals surface area (Å²) in [5, 5.41) is 4.58. The second-order valence-corrected chi connectivity index (χ2v) is 7.37. The lowest BCUT2D eigenvalue weighted by molar-refractivity contribution is 0.0704. The van der Waals surface area contributed by atoms with E-state index in [0.717, 1.165) is 36.4 Å². The number of aryl methyl sites for hydroxylation is 1. The molecule has 2 aliphatic rings. The molecule has 1 aromatic carbocycles. The zero-order valence-electron chi connectivity index (χ0n) is 15.8. The molecular weight excluding hydrogens is 356 g/mol. The Labute approximate surface area is 162 Å². The van der Waals surface area contributed by atoms with Crippen LogP contribution in [0.1, 0.15) is 40.5 Å². The molecule has 5 rings (SSSR count). The molecule has 1 amide bonds. The lowest BCUT2D eigenvalue weighted by Gasteiger charge is -2.33. The lowest BCUT2D eigenvalue weighted by atomic mass is 9.94. The molecule has 0 N–H and O–H groups in total. The maximum absolute atomic E-state index is 13.1. The number of rotatable bonds is 2. The first-order chi connectivity index (χ1) is 13.7. The molecule has 144 valence electrons. The summed E-state index contributed by atoms with van der Waals surface area (Å²) in [4.78, 5) is 19.5. The third-order valence-corrected chi connectivity index (χ3v) is 5.43. The summed E-state index contributed by atoms with van der Waals surface area (Å²) in [5.41, 5.74) is 3.54. The van der Waals surface area contributed by atoms with Crippen LogP contribution < -0.4 is 9.47 Å². The van der Waals surface area contributed by atoms with Crippen LogP contribution in [0.15, 0.2) is 36.5 Å². The summed E-state index contributed by atoms with van der Waals surface area (Å²) in [6.07, 6.45) is 3.82. The van der Waals surface area contributed by atoms with E-state index in [4.69, 9.17) is 9.47 Å². The van der Waals surface area contributed by atoms with Crippen molar-refractivity contribution in [3.8, 4) is 11.5 Å². The Morgan fingerprint density at radius 1 is 1.14 bits per heavy atom. The number of nitrogens with zero attached hydrogens (tertiary/aromatic N) is 4. The van der Waals surface area contributed by atoms with Crippen LogP contribution in [0.25, 0.3) is 5.65 Å². The van der Waals surface area contributed by atoms with E-state index in [1.165, 1.54) is 0 Å². The van der Waals surface area contributed by atoms with Gasteiger partial charge < -0.3 is 14.4 Å². The van der Waals surface area contributed by atoms with Crippen LogP contribution in [0.5, 0.6) is 11.5 Å². The SMILES string of the molecule is Cc1cc2nccc([C@H]3CCCN(C(=O)c4ccc5c(c4)OCCO5)C3)n2n1. The summed E-state index contributed by atoms with van der Waals surface area (Å²) in [7, 11) is 0. The first-order valence-corrected chi connectivity index (χ1v) is 9.69. The molecule has 4 heterocycles. The average molecular weight is 378 g/mol. The van der Waals surface area contributed by atoms with E-state index in [2.05, 4.69) is 10.1 Å². The molecule has 0 radical (unpaired) electrons. The quantitative estimate of drug-likeness (QED) is 0.686. The number of benzene rings is 1. The summed E-state index contributed by atoms with van der Waals surface area (Å²) in [6, 6.07) is 9.43. The summed E-state index contributed by atoms with van der Waals surface area (Å²) in [6.45, 7) is 4.46. The number of fused-ring (bicyclic) bond motifs is 2. The van der Waals surface area contributed by atoms with Gasteiger partial charge in [0.05, 0.1) is 11.4 Å². The van der Waals surface area contributed by atoms with E-state index < -0.39 is 0 Å². The molecule has 7 heteroatoms. The summed E-state index contributed by atoms with van der Waals surface area (Å²) < 4.78 is 13.1. The van der Waals surface area contributed by atoms with Crippen molar-refractivity contribution >= 4 is 11.6 Å². The molecule has 7 nitrogen and oxygen atoms in total. The molecule has 1 atom stereocenters. The van der Waals surface area contributed by atoms with Gasteiger partial charge in [-0.25, -0.2) is 9.50 Å². The Bertz CT molecular complexity index is 1050. The van der Waals surface area contributed by atoms with E-state index in [1.54, 1.807) is 6.07 Å². The number of likely N-dealkylation sites (tertiary alicyclic amines) is 1. The van der Waals surface area contributed by atoms with Crippen molar-refractivity contribution in [3.05, 3.63) is 53.5 Å². The van der Waals surface area contributed by atoms with Gasteiger partial charge in [-0.15, -0.1) is 0 Å². The Balaban J connectivity index is 1.40. The Kier molecular flexibility index (Phi) is 4.15. The van der Waals surface area contributed by atoms with Crippen molar-refractivity contribution in [2.75, 3.05) is 26.3 Å². The third kappa shape index (κ3) is 2.96. The number of piperidine rings is 1. The van der Waals surface area contributed by atoms with Crippen LogP contribution in [-0.4, -0.2) is 51.7 Å². The van der Waals surface area contributed by atoms with E-state index in [-0.39, 0.29) is 11.8 Å². The van der Waals surface area contributed by atoms with Crippen LogP contribution in [0.3, 0.4) is 0 Å². The number of hydrogen-bond donors (Lipinski definition) is 0. The van der Waals surface area contributed by atoms with Gasteiger partial charge in [-0.3, -0.25) is 4.79 Å². The highest BCUT2D eigenvalue weighted by atomic mass is 16.6. The fourth-order valence-electron chi connectivity index (χ4n) is 4.10. The second kappa shape index (κ2) is 6.82. The minimum atomic E-state index is 0.0311. The Morgan fingerprint density at radius 2 is 2.00 bits per heavy atom. The molecular formula is C21H22N4O3. The van der Waals surface area contributed by atoms with Gasteiger partial charge in [-0.05, 0) is 44.0 Å². The fraction of sp³-hybridized carbons (Fsp3) is 0.381. The van der Waals surface area contributed by atoms with Crippen molar-refractivity contribution in [3.63, 3.8) is 0 Å². The fourth-order valence-corrected chi connectivity index (χ4v) is 4.10. The molecule has 2 aliphatic heterocycles. The van der Waals surface area contributed by atoms with Gasteiger partial charge in [0.1, 0.15) is 13.2 Å². The molecule has 28 heavy (non-hydrogen) atoms. The number of carbonyl (C=O) groups excluding carboxylic acids is 1. The predicted molar refractivity (Wildman–Crippen MR) is 103 cm³/mol. The first-order valence-electron chi connectivity index (χ1n) is 9.69. The van der Waals surface area contributed by atoms with Crippen LogP contribution in [-0.2, 0) is 0 Å². The van der Waals surface area contributed by atoms with Crippen molar-refractivity contribution in [1.29, 1.82) is 0 Å². The number of ether oxygens (including phenoxy) is 2. The number of carbonyl (C=O) groups is 1. The van der Waals surface area contributed by atoms with E-state index in [1.807, 2.05) is 46.8 Å². The highest BCUT2D eigenvalue weighted by molar-refractivity contribution is 5.95. The van der Waals surface area contributed by atoms with Crippen molar-refractivity contribution in [2.45, 2.75) is 25.7 Å². The smallest absolute Gasteiger partial charge is 0.254 e. The van der Waals surface area contributed by atoms with Crippen molar-refractivity contribution in [1.82, 2.24) is 19.5 Å². The number of hydrogen-bond acceptors (Lipinski definition) is 5. The molecule has 0 aliphatic carbocycles. The van der Waals surface area contributed by atoms with Crippen molar-refractivity contribution in [2.24, 2.45) is 0 Å². The van der Waals surface area contributed by atoms with Crippen LogP contribution in [0.4, 0.5) is 0 Å². The van der Waals surface area contributed by atoms with Crippen molar-refractivity contribution < 1.29 is 14.3 Å². The number of amides is 1. The minimum absolute atomic E-state index is 0.0311. The summed E-state index contributed by atoms with van der Waals surface area (Å²) in [5.74, 6) is 1.62. The minimum Gasteiger partial charge on any atom is -0.486 e. The maximum Gasteiger partial charge on any atom is 0.254 e. The molecule has 2 aromatic heterocycles. The molecule has 0 saturated carbocycles. The topological polar surface area (TPSA) is 69.0 Å². The zero-order chi connectivity index (χ0) is 19.1. The molecule has 1 fully saturated rings. The summed E-state index contributed by atoms with van der Waals surface area (Å²) >= 11 is 0. The highest BCUT2D eigenvalue weighted by Crippen LogP contribution is 2.32. The largest absolute Gasteiger partial charge is 0.486 e. The zero-order valence-corrected chi connectivity index (χ0v) is 15.8. The predicted octanol–water partition coefficient (Wildman–Crippen LogP) is 2.83.